The second-order valence-electron chi connectivity index (χ2n) is 9.50. The number of piperidine rings is 1. The van der Waals surface area contributed by atoms with Gasteiger partial charge in [-0.05, 0) is 44.2 Å². The number of fused-ring (bicyclic) bond motifs is 1. The predicted molar refractivity (Wildman–Crippen MR) is 141 cm³/mol. The molecular weight excluding hydrogens is 500 g/mol. The fourth-order valence-corrected chi connectivity index (χ4v) is 4.58. The van der Waals surface area contributed by atoms with Crippen LogP contribution in [0.15, 0.2) is 43.1 Å². The summed E-state index contributed by atoms with van der Waals surface area (Å²) in [6.45, 7) is 6.13. The smallest absolute Gasteiger partial charge is 0.379 e. The van der Waals surface area contributed by atoms with Crippen molar-refractivity contribution in [3.05, 3.63) is 65.8 Å². The minimum absolute atomic E-state index is 0.123. The SMILES string of the molecule is C=C(c1nc(/C=C/CNC(=O)c2c(C)cnn2C)cc2c(N[C@@H]3CCN(C)C[C@@H]3F)cccc12)C(F)(F)F. The van der Waals surface area contributed by atoms with Crippen LogP contribution >= 0.6 is 0 Å². The van der Waals surface area contributed by atoms with Crippen molar-refractivity contribution < 1.29 is 22.4 Å². The lowest BCUT2D eigenvalue weighted by Crippen LogP contribution is -2.46. The van der Waals surface area contributed by atoms with E-state index in [0.29, 0.717) is 29.7 Å². The molecular formula is C27H30F4N6O. The monoisotopic (exact) mass is 530 g/mol. The molecule has 0 spiro atoms. The average Bonchev–Trinajstić information content (AvgIpc) is 3.20. The summed E-state index contributed by atoms with van der Waals surface area (Å²) in [5.41, 5.74) is 0.541. The highest BCUT2D eigenvalue weighted by atomic mass is 19.4. The number of nitrogens with one attached hydrogen (secondary N) is 2. The highest BCUT2D eigenvalue weighted by Crippen LogP contribution is 2.37. The number of amides is 1. The summed E-state index contributed by atoms with van der Waals surface area (Å²) in [6, 6.07) is 6.07. The van der Waals surface area contributed by atoms with Gasteiger partial charge in [0.15, 0.2) is 0 Å². The minimum Gasteiger partial charge on any atom is -0.379 e. The van der Waals surface area contributed by atoms with E-state index < -0.39 is 24.0 Å². The molecule has 0 bridgehead atoms. The number of alkyl halides is 4. The summed E-state index contributed by atoms with van der Waals surface area (Å²) in [5, 5.41) is 10.7. The van der Waals surface area contributed by atoms with E-state index in [2.05, 4.69) is 27.3 Å². The molecule has 0 unspecified atom stereocenters. The maximum atomic E-state index is 14.7. The second kappa shape index (κ2) is 10.9. The number of rotatable bonds is 7. The molecule has 1 fully saturated rings. The van der Waals surface area contributed by atoms with E-state index in [9.17, 15) is 22.4 Å². The molecule has 202 valence electrons. The van der Waals surface area contributed by atoms with Gasteiger partial charge in [0.1, 0.15) is 11.9 Å². The fraction of sp³-hybridized carbons (Fsp3) is 0.370. The molecule has 1 aromatic carbocycles. The van der Waals surface area contributed by atoms with Gasteiger partial charge < -0.3 is 15.5 Å². The Balaban J connectivity index is 1.64. The molecule has 0 saturated carbocycles. The molecule has 1 aliphatic heterocycles. The maximum Gasteiger partial charge on any atom is 0.417 e. The number of anilines is 1. The first-order chi connectivity index (χ1) is 18.0. The summed E-state index contributed by atoms with van der Waals surface area (Å²) in [6.07, 6.45) is -0.527. The summed E-state index contributed by atoms with van der Waals surface area (Å²) in [7, 11) is 3.51. The Labute approximate surface area is 218 Å². The van der Waals surface area contributed by atoms with E-state index in [1.165, 1.54) is 10.8 Å². The van der Waals surface area contributed by atoms with E-state index >= 15 is 0 Å². The third-order valence-corrected chi connectivity index (χ3v) is 6.61. The number of hydrogen-bond acceptors (Lipinski definition) is 5. The number of aryl methyl sites for hydroxylation is 2. The minimum atomic E-state index is -4.68. The highest BCUT2D eigenvalue weighted by Gasteiger charge is 2.35. The summed E-state index contributed by atoms with van der Waals surface area (Å²) in [4.78, 5) is 18.6. The van der Waals surface area contributed by atoms with Crippen molar-refractivity contribution in [2.45, 2.75) is 31.7 Å². The van der Waals surface area contributed by atoms with Gasteiger partial charge in [-0.25, -0.2) is 9.37 Å². The van der Waals surface area contributed by atoms with Crippen molar-refractivity contribution in [1.29, 1.82) is 0 Å². The molecule has 3 heterocycles. The van der Waals surface area contributed by atoms with Gasteiger partial charge in [0.05, 0.1) is 29.2 Å². The Hall–Kier alpha value is -3.73. The van der Waals surface area contributed by atoms with Gasteiger partial charge in [0.25, 0.3) is 5.91 Å². The van der Waals surface area contributed by atoms with Gasteiger partial charge >= 0.3 is 6.18 Å². The summed E-state index contributed by atoms with van der Waals surface area (Å²) >= 11 is 0. The van der Waals surface area contributed by atoms with Crippen LogP contribution in [-0.2, 0) is 7.05 Å². The van der Waals surface area contributed by atoms with Crippen molar-refractivity contribution in [2.24, 2.45) is 7.05 Å². The number of aromatic nitrogens is 3. The lowest BCUT2D eigenvalue weighted by Gasteiger charge is -2.33. The van der Waals surface area contributed by atoms with Gasteiger partial charge in [0.2, 0.25) is 0 Å². The number of pyridine rings is 1. The van der Waals surface area contributed by atoms with Gasteiger partial charge in [-0.15, -0.1) is 0 Å². The van der Waals surface area contributed by atoms with Crippen molar-refractivity contribution >= 4 is 34.0 Å². The van der Waals surface area contributed by atoms with E-state index in [0.717, 1.165) is 5.56 Å². The maximum absolute atomic E-state index is 14.7. The molecule has 3 aromatic rings. The average molecular weight is 531 g/mol. The molecule has 2 atom stereocenters. The number of nitrogens with zero attached hydrogens (tertiary/aromatic N) is 4. The van der Waals surface area contributed by atoms with Crippen molar-refractivity contribution in [3.63, 3.8) is 0 Å². The standard InChI is InChI=1S/C27H30F4N6O/c1-16-14-33-37(4)25(16)26(38)32-11-6-7-18-13-20-19(24(34-18)17(2)27(29,30)31)8-5-9-22(20)35-23-10-12-36(3)15-21(23)28/h5-9,13-14,21,23,35H,2,10-12,15H2,1,3-4H3,(H,32,38)/b7-6+/t21-,23+/m0/s1. The van der Waals surface area contributed by atoms with Crippen LogP contribution in [0.2, 0.25) is 0 Å². The van der Waals surface area contributed by atoms with Crippen LogP contribution in [0.5, 0.6) is 0 Å². The molecule has 1 aliphatic rings. The largest absolute Gasteiger partial charge is 0.417 e. The van der Waals surface area contributed by atoms with E-state index in [4.69, 9.17) is 0 Å². The molecule has 2 N–H and O–H groups in total. The highest BCUT2D eigenvalue weighted by molar-refractivity contribution is 6.01. The fourth-order valence-electron chi connectivity index (χ4n) is 4.58. The first-order valence-corrected chi connectivity index (χ1v) is 12.2. The van der Waals surface area contributed by atoms with Crippen LogP contribution < -0.4 is 10.6 Å². The van der Waals surface area contributed by atoms with Crippen LogP contribution in [0, 0.1) is 6.92 Å². The Morgan fingerprint density at radius 3 is 2.68 bits per heavy atom. The third-order valence-electron chi connectivity index (χ3n) is 6.61. The number of hydrogen-bond donors (Lipinski definition) is 2. The van der Waals surface area contributed by atoms with Gasteiger partial charge in [-0.1, -0.05) is 24.8 Å². The van der Waals surface area contributed by atoms with Gasteiger partial charge in [-0.2, -0.15) is 18.3 Å². The molecule has 7 nitrogen and oxygen atoms in total. The molecule has 38 heavy (non-hydrogen) atoms. The normalized spacial score (nSPS) is 18.7. The van der Waals surface area contributed by atoms with Crippen LogP contribution in [-0.4, -0.2) is 70.6 Å². The molecule has 1 saturated heterocycles. The van der Waals surface area contributed by atoms with E-state index in [-0.39, 0.29) is 35.8 Å². The van der Waals surface area contributed by atoms with Crippen molar-refractivity contribution in [1.82, 2.24) is 25.0 Å². The molecule has 0 radical (unpaired) electrons. The van der Waals surface area contributed by atoms with Crippen LogP contribution in [0.4, 0.5) is 23.2 Å². The number of likely N-dealkylation sites (tertiary alicyclic amines) is 1. The predicted octanol–water partition coefficient (Wildman–Crippen LogP) is 4.75. The lowest BCUT2D eigenvalue weighted by atomic mass is 9.99. The zero-order valence-electron chi connectivity index (χ0n) is 21.4. The zero-order valence-corrected chi connectivity index (χ0v) is 21.4. The third kappa shape index (κ3) is 5.88. The van der Waals surface area contributed by atoms with Gasteiger partial charge in [0, 0.05) is 43.1 Å². The second-order valence-corrected chi connectivity index (χ2v) is 9.50. The van der Waals surface area contributed by atoms with Crippen molar-refractivity contribution in [3.8, 4) is 0 Å². The molecule has 0 aliphatic carbocycles. The Bertz CT molecular complexity index is 1360. The number of allylic oxidation sites excluding steroid dienone is 1. The summed E-state index contributed by atoms with van der Waals surface area (Å²) < 4.78 is 57.2. The Morgan fingerprint density at radius 1 is 1.26 bits per heavy atom. The molecule has 2 aromatic heterocycles. The van der Waals surface area contributed by atoms with Crippen LogP contribution in [0.1, 0.15) is 33.9 Å². The molecule has 1 amide bonds. The topological polar surface area (TPSA) is 75.1 Å². The van der Waals surface area contributed by atoms with Crippen LogP contribution in [0.25, 0.3) is 22.4 Å². The quantitative estimate of drug-likeness (QED) is 0.432. The number of carbonyl (C=O) groups excluding carboxylic acids is 1. The Kier molecular flexibility index (Phi) is 7.86. The zero-order chi connectivity index (χ0) is 27.6. The van der Waals surface area contributed by atoms with E-state index in [1.54, 1.807) is 50.5 Å². The first kappa shape index (κ1) is 27.3. The molecule has 11 heteroatoms. The van der Waals surface area contributed by atoms with Crippen molar-refractivity contribution in [2.75, 3.05) is 32.0 Å². The van der Waals surface area contributed by atoms with E-state index in [1.807, 2.05) is 11.9 Å². The Morgan fingerprint density at radius 2 is 2.03 bits per heavy atom. The number of benzene rings is 1. The lowest BCUT2D eigenvalue weighted by molar-refractivity contribution is -0.0688. The first-order valence-electron chi connectivity index (χ1n) is 12.2. The number of carbonyl (C=O) groups is 1. The number of halogens is 4. The summed E-state index contributed by atoms with van der Waals surface area (Å²) in [5.74, 6) is -0.324. The van der Waals surface area contributed by atoms with Crippen LogP contribution in [0.3, 0.4) is 0 Å². The van der Waals surface area contributed by atoms with Gasteiger partial charge in [-0.3, -0.25) is 9.48 Å². The molecule has 4 rings (SSSR count).